The third-order valence-corrected chi connectivity index (χ3v) is 3.02. The van der Waals surface area contributed by atoms with Crippen LogP contribution in [0.1, 0.15) is 19.3 Å². The number of aromatic nitrogens is 1. The minimum absolute atomic E-state index is 0.591. The number of nitrogens with two attached hydrogens (primary N) is 1. The Morgan fingerprint density at radius 3 is 2.79 bits per heavy atom. The van der Waals surface area contributed by atoms with Gasteiger partial charge in [-0.05, 0) is 25.3 Å². The number of hydrogen-bond donors (Lipinski definition) is 1. The topological polar surface area (TPSA) is 42.2 Å². The van der Waals surface area contributed by atoms with Crippen molar-refractivity contribution in [3.63, 3.8) is 0 Å². The van der Waals surface area contributed by atoms with Crippen LogP contribution < -0.4 is 10.6 Å². The molecule has 2 N–H and O–H groups in total. The highest BCUT2D eigenvalue weighted by atomic mass is 35.5. The van der Waals surface area contributed by atoms with Crippen LogP contribution in [0.4, 0.5) is 11.5 Å². The van der Waals surface area contributed by atoms with E-state index in [4.69, 9.17) is 17.3 Å². The maximum Gasteiger partial charge on any atom is 0.151 e. The van der Waals surface area contributed by atoms with Gasteiger partial charge in [0.25, 0.3) is 0 Å². The van der Waals surface area contributed by atoms with E-state index in [9.17, 15) is 0 Å². The number of hydrogen-bond acceptors (Lipinski definition) is 3. The van der Waals surface area contributed by atoms with Gasteiger partial charge in [0.05, 0.1) is 10.7 Å². The first kappa shape index (κ1) is 9.59. The van der Waals surface area contributed by atoms with E-state index in [1.54, 1.807) is 12.3 Å². The molecule has 1 fully saturated rings. The summed E-state index contributed by atoms with van der Waals surface area (Å²) in [5.74, 6) is 0.846. The Morgan fingerprint density at radius 1 is 1.57 bits per heavy atom. The number of pyridine rings is 1. The van der Waals surface area contributed by atoms with Crippen molar-refractivity contribution in [2.24, 2.45) is 0 Å². The first-order valence-electron chi connectivity index (χ1n) is 4.82. The summed E-state index contributed by atoms with van der Waals surface area (Å²) in [6.07, 6.45) is 5.42. The Bertz CT molecular complexity index is 336. The van der Waals surface area contributed by atoms with Gasteiger partial charge >= 0.3 is 0 Å². The molecule has 2 rings (SSSR count). The molecule has 0 saturated heterocycles. The summed E-state index contributed by atoms with van der Waals surface area (Å²) >= 11 is 5.79. The van der Waals surface area contributed by atoms with Gasteiger partial charge in [-0.25, -0.2) is 4.98 Å². The second-order valence-corrected chi connectivity index (χ2v) is 4.20. The molecule has 1 aromatic heterocycles. The van der Waals surface area contributed by atoms with Gasteiger partial charge in [-0.1, -0.05) is 11.6 Å². The number of nitrogen functional groups attached to an aromatic ring is 1. The number of rotatable bonds is 2. The van der Waals surface area contributed by atoms with Crippen molar-refractivity contribution in [3.8, 4) is 0 Å². The van der Waals surface area contributed by atoms with Crippen molar-refractivity contribution >= 4 is 23.1 Å². The van der Waals surface area contributed by atoms with Gasteiger partial charge < -0.3 is 10.6 Å². The van der Waals surface area contributed by atoms with E-state index in [-0.39, 0.29) is 0 Å². The van der Waals surface area contributed by atoms with Crippen LogP contribution >= 0.6 is 11.6 Å². The van der Waals surface area contributed by atoms with Crippen LogP contribution in [-0.4, -0.2) is 18.1 Å². The molecule has 0 amide bonds. The highest BCUT2D eigenvalue weighted by Crippen LogP contribution is 2.30. The lowest BCUT2D eigenvalue weighted by Crippen LogP contribution is -2.38. The summed E-state index contributed by atoms with van der Waals surface area (Å²) in [5, 5.41) is 0.591. The van der Waals surface area contributed by atoms with Crippen LogP contribution in [0.5, 0.6) is 0 Å². The molecule has 1 aliphatic rings. The standard InChI is InChI=1S/C10H14ClN3/c1-14(8-3-2-4-8)10-9(12)5-7(11)6-13-10/h5-6,8H,2-4,12H2,1H3. The molecule has 0 atom stereocenters. The predicted octanol–water partition coefficient (Wildman–Crippen LogP) is 2.31. The number of nitrogens with zero attached hydrogens (tertiary/aromatic N) is 2. The van der Waals surface area contributed by atoms with Gasteiger partial charge in [-0.2, -0.15) is 0 Å². The average molecular weight is 212 g/mol. The zero-order valence-corrected chi connectivity index (χ0v) is 8.96. The molecule has 0 bridgehead atoms. The smallest absolute Gasteiger partial charge is 0.151 e. The zero-order valence-electron chi connectivity index (χ0n) is 8.20. The predicted molar refractivity (Wildman–Crippen MR) is 59.7 cm³/mol. The van der Waals surface area contributed by atoms with Crippen molar-refractivity contribution < 1.29 is 0 Å². The number of halogens is 1. The zero-order chi connectivity index (χ0) is 10.1. The van der Waals surface area contributed by atoms with Gasteiger partial charge in [0.15, 0.2) is 5.82 Å². The second-order valence-electron chi connectivity index (χ2n) is 3.76. The second kappa shape index (κ2) is 3.65. The van der Waals surface area contributed by atoms with E-state index in [0.29, 0.717) is 16.8 Å². The van der Waals surface area contributed by atoms with Gasteiger partial charge in [-0.3, -0.25) is 0 Å². The Morgan fingerprint density at radius 2 is 2.29 bits per heavy atom. The molecule has 1 heterocycles. The molecule has 14 heavy (non-hydrogen) atoms. The lowest BCUT2D eigenvalue weighted by atomic mass is 9.92. The Hall–Kier alpha value is -0.960. The molecule has 0 aromatic carbocycles. The van der Waals surface area contributed by atoms with Crippen LogP contribution in [0.15, 0.2) is 12.3 Å². The molecule has 0 radical (unpaired) electrons. The van der Waals surface area contributed by atoms with E-state index in [1.807, 2.05) is 7.05 Å². The maximum absolute atomic E-state index is 5.85. The molecule has 76 valence electrons. The molecule has 1 aliphatic carbocycles. The summed E-state index contributed by atoms with van der Waals surface area (Å²) in [6, 6.07) is 2.35. The molecule has 0 spiro atoms. The van der Waals surface area contributed by atoms with Crippen LogP contribution in [0, 0.1) is 0 Å². The van der Waals surface area contributed by atoms with Gasteiger partial charge in [0.1, 0.15) is 0 Å². The van der Waals surface area contributed by atoms with Gasteiger partial charge in [-0.15, -0.1) is 0 Å². The van der Waals surface area contributed by atoms with Crippen LogP contribution in [0.25, 0.3) is 0 Å². The van der Waals surface area contributed by atoms with Gasteiger partial charge in [0, 0.05) is 19.3 Å². The fraction of sp³-hybridized carbons (Fsp3) is 0.500. The lowest BCUT2D eigenvalue weighted by Gasteiger charge is -2.36. The first-order valence-corrected chi connectivity index (χ1v) is 5.20. The molecule has 1 saturated carbocycles. The average Bonchev–Trinajstić information content (AvgIpc) is 2.00. The van der Waals surface area contributed by atoms with Crippen molar-refractivity contribution in [2.75, 3.05) is 17.7 Å². The molecule has 1 aromatic rings. The quantitative estimate of drug-likeness (QED) is 0.817. The molecule has 0 aliphatic heterocycles. The van der Waals surface area contributed by atoms with Crippen molar-refractivity contribution in [2.45, 2.75) is 25.3 Å². The van der Waals surface area contributed by atoms with E-state index < -0.39 is 0 Å². The van der Waals surface area contributed by atoms with E-state index in [2.05, 4.69) is 9.88 Å². The summed E-state index contributed by atoms with van der Waals surface area (Å²) < 4.78 is 0. The van der Waals surface area contributed by atoms with E-state index in [0.717, 1.165) is 5.82 Å². The van der Waals surface area contributed by atoms with Crippen molar-refractivity contribution in [1.82, 2.24) is 4.98 Å². The third kappa shape index (κ3) is 1.64. The van der Waals surface area contributed by atoms with Crippen molar-refractivity contribution in [3.05, 3.63) is 17.3 Å². The highest BCUT2D eigenvalue weighted by Gasteiger charge is 2.24. The minimum atomic E-state index is 0.591. The SMILES string of the molecule is CN(c1ncc(Cl)cc1N)C1CCC1. The summed E-state index contributed by atoms with van der Waals surface area (Å²) in [4.78, 5) is 6.40. The largest absolute Gasteiger partial charge is 0.396 e. The Balaban J connectivity index is 2.22. The molecule has 4 heteroatoms. The molecule has 0 unspecified atom stereocenters. The molecule has 3 nitrogen and oxygen atoms in total. The van der Waals surface area contributed by atoms with Crippen LogP contribution in [-0.2, 0) is 0 Å². The summed E-state index contributed by atoms with van der Waals surface area (Å²) in [5.41, 5.74) is 6.51. The van der Waals surface area contributed by atoms with Gasteiger partial charge in [0.2, 0.25) is 0 Å². The normalized spacial score (nSPS) is 16.4. The number of anilines is 2. The fourth-order valence-corrected chi connectivity index (χ4v) is 1.86. The highest BCUT2D eigenvalue weighted by molar-refractivity contribution is 6.30. The molecular weight excluding hydrogens is 198 g/mol. The summed E-state index contributed by atoms with van der Waals surface area (Å²) in [6.45, 7) is 0. The lowest BCUT2D eigenvalue weighted by molar-refractivity contribution is 0.399. The van der Waals surface area contributed by atoms with E-state index >= 15 is 0 Å². The minimum Gasteiger partial charge on any atom is -0.396 e. The maximum atomic E-state index is 5.85. The first-order chi connectivity index (χ1) is 6.68. The fourth-order valence-electron chi connectivity index (χ4n) is 1.69. The monoisotopic (exact) mass is 211 g/mol. The third-order valence-electron chi connectivity index (χ3n) is 2.82. The van der Waals surface area contributed by atoms with Crippen molar-refractivity contribution in [1.29, 1.82) is 0 Å². The van der Waals surface area contributed by atoms with Crippen LogP contribution in [0.3, 0.4) is 0 Å². The van der Waals surface area contributed by atoms with E-state index in [1.165, 1.54) is 19.3 Å². The summed E-state index contributed by atoms with van der Waals surface area (Å²) in [7, 11) is 2.04. The van der Waals surface area contributed by atoms with Crippen LogP contribution in [0.2, 0.25) is 5.02 Å². The Kier molecular flexibility index (Phi) is 2.50. The molecular formula is C10H14ClN3. The Labute approximate surface area is 88.9 Å².